The van der Waals surface area contributed by atoms with Gasteiger partial charge in [-0.2, -0.15) is 0 Å². The molecule has 0 saturated heterocycles. The lowest BCUT2D eigenvalue weighted by Gasteiger charge is -2.07. The number of carboxylic acids is 1. The Labute approximate surface area is 80.8 Å². The van der Waals surface area contributed by atoms with Gasteiger partial charge >= 0.3 is 5.97 Å². The summed E-state index contributed by atoms with van der Waals surface area (Å²) in [4.78, 5) is 10.5. The number of carbonyl (C=O) groups is 1. The molecule has 0 aliphatic carbocycles. The molecule has 0 fully saturated rings. The maximum Gasteiger partial charge on any atom is 0.306 e. The highest BCUT2D eigenvalue weighted by molar-refractivity contribution is 5.69. The Morgan fingerprint density at radius 1 is 1.57 bits per heavy atom. The molecule has 0 amide bonds. The molecule has 1 atom stereocenters. The lowest BCUT2D eigenvalue weighted by Crippen LogP contribution is -2.12. The molecule has 0 unspecified atom stereocenters. The second kappa shape index (κ2) is 4.09. The minimum absolute atomic E-state index is 0.126. The number of phenols is 1. The van der Waals surface area contributed by atoms with Crippen molar-refractivity contribution < 1.29 is 19.4 Å². The van der Waals surface area contributed by atoms with Crippen molar-refractivity contribution in [3.8, 4) is 5.75 Å². The molecule has 0 spiro atoms. The highest BCUT2D eigenvalue weighted by Crippen LogP contribution is 2.18. The van der Waals surface area contributed by atoms with Gasteiger partial charge in [0.15, 0.2) is 0 Å². The average molecular weight is 198 g/mol. The predicted molar refractivity (Wildman–Crippen MR) is 48.6 cm³/mol. The molecule has 14 heavy (non-hydrogen) atoms. The standard InChI is InChI=1S/C10H11FO3/c1-6(10(13)14)4-7-2-3-8(12)5-9(7)11/h2-3,5-6,12H,4H2,1H3,(H,13,14)/t6-/m0/s1. The average Bonchev–Trinajstić information content (AvgIpc) is 2.09. The van der Waals surface area contributed by atoms with Gasteiger partial charge in [-0.25, -0.2) is 4.39 Å². The summed E-state index contributed by atoms with van der Waals surface area (Å²) in [7, 11) is 0. The second-order valence-electron chi connectivity index (χ2n) is 3.22. The van der Waals surface area contributed by atoms with Gasteiger partial charge in [0.2, 0.25) is 0 Å². The number of hydrogen-bond donors (Lipinski definition) is 2. The van der Waals surface area contributed by atoms with E-state index in [1.165, 1.54) is 19.1 Å². The van der Waals surface area contributed by atoms with Gasteiger partial charge in [0.1, 0.15) is 11.6 Å². The first kappa shape index (κ1) is 10.5. The fourth-order valence-corrected chi connectivity index (χ4v) is 1.12. The molecule has 1 rings (SSSR count). The van der Waals surface area contributed by atoms with E-state index < -0.39 is 17.7 Å². The second-order valence-corrected chi connectivity index (χ2v) is 3.22. The summed E-state index contributed by atoms with van der Waals surface area (Å²) in [6.45, 7) is 1.51. The van der Waals surface area contributed by atoms with Crippen LogP contribution in [0.1, 0.15) is 12.5 Å². The maximum absolute atomic E-state index is 13.1. The van der Waals surface area contributed by atoms with Crippen LogP contribution in [0.25, 0.3) is 0 Å². The van der Waals surface area contributed by atoms with Crippen molar-refractivity contribution in [2.75, 3.05) is 0 Å². The molecular formula is C10H11FO3. The minimum Gasteiger partial charge on any atom is -0.508 e. The van der Waals surface area contributed by atoms with E-state index in [4.69, 9.17) is 10.2 Å². The van der Waals surface area contributed by atoms with Gasteiger partial charge in [-0.1, -0.05) is 13.0 Å². The van der Waals surface area contributed by atoms with Gasteiger partial charge < -0.3 is 10.2 Å². The smallest absolute Gasteiger partial charge is 0.306 e. The highest BCUT2D eigenvalue weighted by Gasteiger charge is 2.14. The lowest BCUT2D eigenvalue weighted by atomic mass is 10.0. The fraction of sp³-hybridized carbons (Fsp3) is 0.300. The molecule has 0 bridgehead atoms. The summed E-state index contributed by atoms with van der Waals surface area (Å²) in [6.07, 6.45) is 0.126. The SMILES string of the molecule is C[C@@H](Cc1ccc(O)cc1F)C(=O)O. The van der Waals surface area contributed by atoms with Gasteiger partial charge in [0.05, 0.1) is 5.92 Å². The van der Waals surface area contributed by atoms with Crippen LogP contribution in [-0.4, -0.2) is 16.2 Å². The third kappa shape index (κ3) is 2.45. The molecule has 4 heteroatoms. The van der Waals surface area contributed by atoms with Crippen molar-refractivity contribution in [3.63, 3.8) is 0 Å². The maximum atomic E-state index is 13.1. The van der Waals surface area contributed by atoms with Crippen LogP contribution < -0.4 is 0 Å². The third-order valence-corrected chi connectivity index (χ3v) is 1.98. The van der Waals surface area contributed by atoms with Gasteiger partial charge in [-0.3, -0.25) is 4.79 Å². The Morgan fingerprint density at radius 3 is 2.71 bits per heavy atom. The number of aliphatic carboxylic acids is 1. The topological polar surface area (TPSA) is 57.5 Å². The van der Waals surface area contributed by atoms with Gasteiger partial charge in [-0.05, 0) is 18.1 Å². The van der Waals surface area contributed by atoms with E-state index in [9.17, 15) is 9.18 Å². The molecule has 0 aromatic heterocycles. The minimum atomic E-state index is -0.961. The summed E-state index contributed by atoms with van der Waals surface area (Å²) in [5.41, 5.74) is 0.303. The van der Waals surface area contributed by atoms with Crippen LogP contribution in [0.4, 0.5) is 4.39 Å². The van der Waals surface area contributed by atoms with Gasteiger partial charge in [-0.15, -0.1) is 0 Å². The Balaban J connectivity index is 2.82. The Bertz CT molecular complexity index is 349. The van der Waals surface area contributed by atoms with Crippen LogP contribution in [0, 0.1) is 11.7 Å². The van der Waals surface area contributed by atoms with Crippen LogP contribution in [0.2, 0.25) is 0 Å². The molecule has 2 N–H and O–H groups in total. The zero-order valence-corrected chi connectivity index (χ0v) is 7.70. The van der Waals surface area contributed by atoms with E-state index in [1.807, 2.05) is 0 Å². The summed E-state index contributed by atoms with van der Waals surface area (Å²) in [5.74, 6) is -2.32. The number of aromatic hydroxyl groups is 1. The molecule has 0 aliphatic heterocycles. The Kier molecular flexibility index (Phi) is 3.06. The zero-order valence-electron chi connectivity index (χ0n) is 7.70. The van der Waals surface area contributed by atoms with E-state index in [0.29, 0.717) is 5.56 Å². The number of phenolic OH excluding ortho intramolecular Hbond substituents is 1. The van der Waals surface area contributed by atoms with E-state index in [-0.39, 0.29) is 12.2 Å². The molecule has 0 radical (unpaired) electrons. The van der Waals surface area contributed by atoms with Crippen LogP contribution in [-0.2, 0) is 11.2 Å². The van der Waals surface area contributed by atoms with Crippen LogP contribution in [0.3, 0.4) is 0 Å². The molecule has 3 nitrogen and oxygen atoms in total. The quantitative estimate of drug-likeness (QED) is 0.778. The Hall–Kier alpha value is -1.58. The monoisotopic (exact) mass is 198 g/mol. The predicted octanol–water partition coefficient (Wildman–Crippen LogP) is 1.79. The van der Waals surface area contributed by atoms with Crippen molar-refractivity contribution in [2.45, 2.75) is 13.3 Å². The van der Waals surface area contributed by atoms with Crippen molar-refractivity contribution >= 4 is 5.97 Å². The van der Waals surface area contributed by atoms with E-state index in [0.717, 1.165) is 6.07 Å². The molecule has 0 heterocycles. The number of halogens is 1. The van der Waals surface area contributed by atoms with Crippen molar-refractivity contribution in [1.29, 1.82) is 0 Å². The zero-order chi connectivity index (χ0) is 10.7. The normalized spacial score (nSPS) is 12.4. The van der Waals surface area contributed by atoms with Crippen molar-refractivity contribution in [2.24, 2.45) is 5.92 Å². The van der Waals surface area contributed by atoms with E-state index in [2.05, 4.69) is 0 Å². The summed E-state index contributed by atoms with van der Waals surface area (Å²) >= 11 is 0. The summed E-state index contributed by atoms with van der Waals surface area (Å²) < 4.78 is 13.1. The summed E-state index contributed by atoms with van der Waals surface area (Å²) in [5, 5.41) is 17.5. The van der Waals surface area contributed by atoms with E-state index >= 15 is 0 Å². The first-order valence-electron chi connectivity index (χ1n) is 4.21. The molecule has 1 aromatic rings. The first-order valence-corrected chi connectivity index (χ1v) is 4.21. The number of benzene rings is 1. The van der Waals surface area contributed by atoms with Crippen LogP contribution >= 0.6 is 0 Å². The largest absolute Gasteiger partial charge is 0.508 e. The van der Waals surface area contributed by atoms with Crippen molar-refractivity contribution in [1.82, 2.24) is 0 Å². The van der Waals surface area contributed by atoms with Crippen LogP contribution in [0.5, 0.6) is 5.75 Å². The fourth-order valence-electron chi connectivity index (χ4n) is 1.12. The number of hydrogen-bond acceptors (Lipinski definition) is 2. The first-order chi connectivity index (χ1) is 6.50. The summed E-state index contributed by atoms with van der Waals surface area (Å²) in [6, 6.07) is 3.71. The van der Waals surface area contributed by atoms with Gasteiger partial charge in [0.25, 0.3) is 0 Å². The molecule has 76 valence electrons. The van der Waals surface area contributed by atoms with Crippen molar-refractivity contribution in [3.05, 3.63) is 29.6 Å². The lowest BCUT2D eigenvalue weighted by molar-refractivity contribution is -0.141. The Morgan fingerprint density at radius 2 is 2.21 bits per heavy atom. The van der Waals surface area contributed by atoms with E-state index in [1.54, 1.807) is 0 Å². The molecule has 0 aliphatic rings. The van der Waals surface area contributed by atoms with Crippen LogP contribution in [0.15, 0.2) is 18.2 Å². The van der Waals surface area contributed by atoms with Gasteiger partial charge in [0, 0.05) is 6.07 Å². The number of rotatable bonds is 3. The number of carboxylic acid groups (broad SMARTS) is 1. The highest BCUT2D eigenvalue weighted by atomic mass is 19.1. The molecule has 1 aromatic carbocycles. The molecular weight excluding hydrogens is 187 g/mol. The third-order valence-electron chi connectivity index (χ3n) is 1.98. The molecule has 0 saturated carbocycles.